The van der Waals surface area contributed by atoms with Gasteiger partial charge >= 0.3 is 23.6 Å². The van der Waals surface area contributed by atoms with Gasteiger partial charge in [0.1, 0.15) is 12.0 Å². The van der Waals surface area contributed by atoms with Crippen LogP contribution in [-0.2, 0) is 18.8 Å². The molecule has 4 fully saturated rings. The summed E-state index contributed by atoms with van der Waals surface area (Å²) < 4.78 is 116. The molecule has 0 aromatic heterocycles. The number of alkyl halides is 8. The molecule has 0 aromatic rings. The zero-order valence-corrected chi connectivity index (χ0v) is 16.9. The Balaban J connectivity index is 1.51. The van der Waals surface area contributed by atoms with E-state index in [2.05, 4.69) is 18.8 Å². The van der Waals surface area contributed by atoms with Crippen molar-refractivity contribution in [3.05, 3.63) is 0 Å². The molecule has 4 aliphatic rings. The van der Waals surface area contributed by atoms with E-state index in [9.17, 15) is 40.4 Å². The van der Waals surface area contributed by atoms with Crippen molar-refractivity contribution in [1.82, 2.24) is 0 Å². The molecule has 4 bridgehead atoms. The first kappa shape index (κ1) is 25.2. The Morgan fingerprint density at radius 1 is 0.806 bits per heavy atom. The van der Waals surface area contributed by atoms with Crippen LogP contribution < -0.4 is 5.26 Å². The van der Waals surface area contributed by atoms with Gasteiger partial charge in [-0.3, -0.25) is 5.04 Å². The maximum absolute atomic E-state index is 13.7. The summed E-state index contributed by atoms with van der Waals surface area (Å²) in [5.41, 5.74) is -0.0393. The molecular formula is C17H21F8O5S-. The molecule has 0 amide bonds. The van der Waals surface area contributed by atoms with Crippen molar-refractivity contribution in [3.63, 3.8) is 0 Å². The van der Waals surface area contributed by atoms with E-state index in [0.29, 0.717) is 24.2 Å². The highest BCUT2D eigenvalue weighted by atomic mass is 32.2. The Morgan fingerprint density at radius 3 is 1.81 bits per heavy atom. The zero-order valence-electron chi connectivity index (χ0n) is 16.1. The van der Waals surface area contributed by atoms with Crippen molar-refractivity contribution < 1.29 is 59.2 Å². The van der Waals surface area contributed by atoms with E-state index in [0.717, 1.165) is 38.5 Å². The summed E-state index contributed by atoms with van der Waals surface area (Å²) in [6, 6.07) is 0. The molecule has 0 saturated heterocycles. The maximum atomic E-state index is 13.7. The minimum absolute atomic E-state index is 0.0189. The standard InChI is InChI=1S/C17H22F8O5S/c18-14(19,15(20,21)28-16(22,23)17(24,25)31-30-29-26)27-3-1-2-13-7-10-4-11(8-13)6-12(5-10)9-13/h10-12,26H,1-9H2/p-1. The molecule has 0 spiro atoms. The van der Waals surface area contributed by atoms with Crippen molar-refractivity contribution in [1.29, 1.82) is 0 Å². The lowest BCUT2D eigenvalue weighted by atomic mass is 9.48. The topological polar surface area (TPSA) is 60.0 Å². The minimum Gasteiger partial charge on any atom is -0.691 e. The quantitative estimate of drug-likeness (QED) is 0.123. The SMILES string of the molecule is [O-]OOSC(F)(F)C(F)(F)OC(F)(F)C(F)(F)OCCCC12CC3CC(CC(C3)C1)C2. The highest BCUT2D eigenvalue weighted by Crippen LogP contribution is 2.61. The number of hydrogen-bond acceptors (Lipinski definition) is 6. The summed E-state index contributed by atoms with van der Waals surface area (Å²) in [7, 11) is 0. The lowest BCUT2D eigenvalue weighted by Gasteiger charge is -2.57. The number of rotatable bonds is 12. The second-order valence-corrected chi connectivity index (χ2v) is 9.57. The normalized spacial score (nSPS) is 31.5. The molecule has 0 aromatic carbocycles. The molecule has 0 radical (unpaired) electrons. The first-order chi connectivity index (χ1) is 14.2. The number of ether oxygens (including phenoxy) is 2. The van der Waals surface area contributed by atoms with E-state index in [1.807, 2.05) is 0 Å². The monoisotopic (exact) mass is 489 g/mol. The van der Waals surface area contributed by atoms with Gasteiger partial charge in [-0.25, -0.2) is 4.74 Å². The minimum atomic E-state index is -6.15. The Morgan fingerprint density at radius 2 is 1.32 bits per heavy atom. The average molecular weight is 489 g/mol. The van der Waals surface area contributed by atoms with E-state index in [1.165, 1.54) is 0 Å². The first-order valence-electron chi connectivity index (χ1n) is 9.71. The molecule has 0 heterocycles. The summed E-state index contributed by atoms with van der Waals surface area (Å²) in [6.45, 7) is -0.891. The van der Waals surface area contributed by atoms with E-state index < -0.39 is 42.2 Å². The Kier molecular flexibility index (Phi) is 7.11. The second-order valence-electron chi connectivity index (χ2n) is 8.76. The zero-order chi connectivity index (χ0) is 23.1. The van der Waals surface area contributed by atoms with Crippen molar-refractivity contribution in [2.24, 2.45) is 23.2 Å². The van der Waals surface area contributed by atoms with Gasteiger partial charge in [0.25, 0.3) is 0 Å². The van der Waals surface area contributed by atoms with Gasteiger partial charge in [0.05, 0.1) is 6.61 Å². The van der Waals surface area contributed by atoms with Crippen LogP contribution in [-0.4, -0.2) is 30.2 Å². The molecular weight excluding hydrogens is 468 g/mol. The lowest BCUT2D eigenvalue weighted by molar-refractivity contribution is -0.777. The van der Waals surface area contributed by atoms with Gasteiger partial charge < -0.3 is 9.99 Å². The van der Waals surface area contributed by atoms with Crippen molar-refractivity contribution in [2.75, 3.05) is 6.61 Å². The maximum Gasteiger partial charge on any atom is 0.453 e. The van der Waals surface area contributed by atoms with Gasteiger partial charge in [0, 0.05) is 0 Å². The molecule has 0 unspecified atom stereocenters. The van der Waals surface area contributed by atoms with Gasteiger partial charge in [-0.15, -0.1) is 0 Å². The van der Waals surface area contributed by atoms with Crippen molar-refractivity contribution in [2.45, 2.75) is 74.9 Å². The molecule has 14 heteroatoms. The third-order valence-electron chi connectivity index (χ3n) is 6.40. The molecule has 4 rings (SSSR count). The van der Waals surface area contributed by atoms with Crippen LogP contribution in [0.3, 0.4) is 0 Å². The van der Waals surface area contributed by atoms with Crippen LogP contribution in [0.1, 0.15) is 51.4 Å². The molecule has 0 aliphatic heterocycles. The van der Waals surface area contributed by atoms with E-state index >= 15 is 0 Å². The molecule has 182 valence electrons. The molecule has 5 nitrogen and oxygen atoms in total. The number of halogens is 8. The molecule has 31 heavy (non-hydrogen) atoms. The predicted molar refractivity (Wildman–Crippen MR) is 86.4 cm³/mol. The van der Waals surface area contributed by atoms with Crippen LogP contribution in [0, 0.1) is 23.2 Å². The van der Waals surface area contributed by atoms with Gasteiger partial charge in [0.15, 0.2) is 0 Å². The Labute approximate surface area is 176 Å². The third-order valence-corrected chi connectivity index (χ3v) is 6.97. The second kappa shape index (κ2) is 8.75. The van der Waals surface area contributed by atoms with E-state index in [-0.39, 0.29) is 11.8 Å². The fourth-order valence-electron chi connectivity index (χ4n) is 5.71. The van der Waals surface area contributed by atoms with Gasteiger partial charge in [0.2, 0.25) is 0 Å². The van der Waals surface area contributed by atoms with Gasteiger partial charge in [-0.05, 0) is 74.5 Å². The molecule has 4 saturated carbocycles. The summed E-state index contributed by atoms with van der Waals surface area (Å²) in [5.74, 6) is 1.76. The predicted octanol–water partition coefficient (Wildman–Crippen LogP) is 5.26. The van der Waals surface area contributed by atoms with E-state index in [4.69, 9.17) is 0 Å². The smallest absolute Gasteiger partial charge is 0.453 e. The highest BCUT2D eigenvalue weighted by molar-refractivity contribution is 7.95. The van der Waals surface area contributed by atoms with Gasteiger partial charge in [-0.1, -0.05) is 0 Å². The van der Waals surface area contributed by atoms with Crippen molar-refractivity contribution >= 4 is 12.0 Å². The van der Waals surface area contributed by atoms with Gasteiger partial charge in [-0.2, -0.15) is 39.5 Å². The summed E-state index contributed by atoms with van der Waals surface area (Å²) in [4.78, 5) is 0. The van der Waals surface area contributed by atoms with Crippen LogP contribution in [0.25, 0.3) is 0 Å². The van der Waals surface area contributed by atoms with Crippen LogP contribution in [0.4, 0.5) is 35.1 Å². The van der Waals surface area contributed by atoms with Crippen molar-refractivity contribution in [3.8, 4) is 0 Å². The third kappa shape index (κ3) is 5.40. The Hall–Kier alpha value is -0.410. The molecule has 0 N–H and O–H groups in total. The van der Waals surface area contributed by atoms with Crippen LogP contribution in [0.5, 0.6) is 0 Å². The fraction of sp³-hybridized carbons (Fsp3) is 1.00. The lowest BCUT2D eigenvalue weighted by Crippen LogP contribution is -2.53. The summed E-state index contributed by atoms with van der Waals surface area (Å²) in [5, 5.41) is 6.21. The van der Waals surface area contributed by atoms with Crippen LogP contribution >= 0.6 is 12.0 Å². The fourth-order valence-corrected chi connectivity index (χ4v) is 5.96. The highest BCUT2D eigenvalue weighted by Gasteiger charge is 2.71. The summed E-state index contributed by atoms with van der Waals surface area (Å²) in [6.07, 6.45) is -11.1. The largest absolute Gasteiger partial charge is 0.691 e. The molecule has 0 atom stereocenters. The number of hydrogen-bond donors (Lipinski definition) is 0. The van der Waals surface area contributed by atoms with E-state index in [1.54, 1.807) is 0 Å². The summed E-state index contributed by atoms with van der Waals surface area (Å²) >= 11 is -1.68. The molecule has 4 aliphatic carbocycles. The van der Waals surface area contributed by atoms with Crippen LogP contribution in [0.15, 0.2) is 0 Å². The van der Waals surface area contributed by atoms with Crippen LogP contribution in [0.2, 0.25) is 0 Å². The Bertz CT molecular complexity index is 600. The first-order valence-corrected chi connectivity index (χ1v) is 10.4. The average Bonchev–Trinajstić information content (AvgIpc) is 2.61.